The fraction of sp³-hybridized carbons (Fsp3) is 0.133. The average Bonchev–Trinajstić information content (AvgIpc) is 3.08. The summed E-state index contributed by atoms with van der Waals surface area (Å²) in [7, 11) is 1.97. The van der Waals surface area contributed by atoms with Crippen LogP contribution in [0, 0.1) is 0 Å². The van der Waals surface area contributed by atoms with E-state index in [4.69, 9.17) is 0 Å². The summed E-state index contributed by atoms with van der Waals surface area (Å²) in [5.41, 5.74) is 3.47. The summed E-state index contributed by atoms with van der Waals surface area (Å²) < 4.78 is 1.91. The number of para-hydroxylation sites is 1. The zero-order valence-electron chi connectivity index (χ0n) is 10.7. The first kappa shape index (κ1) is 12.1. The van der Waals surface area contributed by atoms with E-state index in [-0.39, 0.29) is 0 Å². The minimum absolute atomic E-state index is 0.914. The molecule has 0 unspecified atom stereocenters. The van der Waals surface area contributed by atoms with Gasteiger partial charge in [-0.1, -0.05) is 18.2 Å². The van der Waals surface area contributed by atoms with Crippen molar-refractivity contribution < 1.29 is 0 Å². The van der Waals surface area contributed by atoms with Crippen molar-refractivity contribution in [2.24, 2.45) is 0 Å². The highest BCUT2D eigenvalue weighted by Crippen LogP contribution is 2.25. The van der Waals surface area contributed by atoms with Gasteiger partial charge in [0.15, 0.2) is 0 Å². The number of hydrogen-bond acceptors (Lipinski definition) is 3. The molecule has 0 aliphatic carbocycles. The van der Waals surface area contributed by atoms with Gasteiger partial charge >= 0.3 is 0 Å². The van der Waals surface area contributed by atoms with Gasteiger partial charge in [0.2, 0.25) is 0 Å². The van der Waals surface area contributed by atoms with Gasteiger partial charge in [-0.05, 0) is 36.2 Å². The van der Waals surface area contributed by atoms with Gasteiger partial charge < -0.3 is 5.32 Å². The van der Waals surface area contributed by atoms with Crippen molar-refractivity contribution in [3.63, 3.8) is 0 Å². The Kier molecular flexibility index (Phi) is 3.44. The van der Waals surface area contributed by atoms with Gasteiger partial charge in [0.05, 0.1) is 11.9 Å². The molecule has 0 atom stereocenters. The molecule has 3 aromatic rings. The van der Waals surface area contributed by atoms with Crippen LogP contribution in [-0.2, 0) is 6.54 Å². The lowest BCUT2D eigenvalue weighted by molar-refractivity contribution is 0.831. The number of nitrogens with zero attached hydrogens (tertiary/aromatic N) is 2. The number of benzene rings is 1. The Hall–Kier alpha value is -1.91. The minimum atomic E-state index is 0.914. The molecule has 0 spiro atoms. The van der Waals surface area contributed by atoms with Crippen molar-refractivity contribution in [3.05, 3.63) is 59.0 Å². The van der Waals surface area contributed by atoms with Crippen molar-refractivity contribution >= 4 is 11.3 Å². The van der Waals surface area contributed by atoms with Gasteiger partial charge in [-0.2, -0.15) is 5.10 Å². The summed E-state index contributed by atoms with van der Waals surface area (Å²) >= 11 is 1.77. The molecule has 4 heteroatoms. The smallest absolute Gasteiger partial charge is 0.0645 e. The Bertz CT molecular complexity index is 655. The first-order valence-electron chi connectivity index (χ1n) is 6.19. The second-order valence-electron chi connectivity index (χ2n) is 4.34. The molecule has 0 saturated heterocycles. The van der Waals surface area contributed by atoms with Crippen molar-refractivity contribution in [1.82, 2.24) is 15.1 Å². The van der Waals surface area contributed by atoms with Crippen molar-refractivity contribution in [3.8, 4) is 16.8 Å². The molecule has 1 aromatic carbocycles. The largest absolute Gasteiger partial charge is 0.315 e. The lowest BCUT2D eigenvalue weighted by Crippen LogP contribution is -2.02. The van der Waals surface area contributed by atoms with Crippen LogP contribution in [0.1, 0.15) is 4.88 Å². The number of rotatable bonds is 4. The maximum absolute atomic E-state index is 4.42. The van der Waals surface area contributed by atoms with Crippen molar-refractivity contribution in [1.29, 1.82) is 0 Å². The molecule has 0 amide bonds. The summed E-state index contributed by atoms with van der Waals surface area (Å²) in [6.07, 6.45) is 3.98. The Morgan fingerprint density at radius 3 is 2.84 bits per heavy atom. The Morgan fingerprint density at radius 2 is 2.05 bits per heavy atom. The van der Waals surface area contributed by atoms with Crippen LogP contribution in [0.3, 0.4) is 0 Å². The molecule has 96 valence electrons. The zero-order chi connectivity index (χ0) is 13.1. The number of nitrogens with one attached hydrogen (secondary N) is 1. The van der Waals surface area contributed by atoms with E-state index in [0.717, 1.165) is 17.8 Å². The molecule has 0 aliphatic heterocycles. The van der Waals surface area contributed by atoms with Gasteiger partial charge in [0, 0.05) is 23.2 Å². The molecular formula is C15H15N3S. The lowest BCUT2D eigenvalue weighted by atomic mass is 10.2. The highest BCUT2D eigenvalue weighted by molar-refractivity contribution is 7.10. The topological polar surface area (TPSA) is 29.9 Å². The van der Waals surface area contributed by atoms with Crippen LogP contribution in [0.25, 0.3) is 16.8 Å². The summed E-state index contributed by atoms with van der Waals surface area (Å²) in [6.45, 7) is 0.914. The lowest BCUT2D eigenvalue weighted by Gasteiger charge is -1.98. The molecule has 2 heterocycles. The monoisotopic (exact) mass is 269 g/mol. The normalized spacial score (nSPS) is 10.8. The third-order valence-corrected chi connectivity index (χ3v) is 3.88. The van der Waals surface area contributed by atoms with Gasteiger partial charge in [0.1, 0.15) is 0 Å². The molecule has 2 aromatic heterocycles. The third kappa shape index (κ3) is 2.59. The maximum Gasteiger partial charge on any atom is 0.0645 e. The number of aromatic nitrogens is 2. The molecule has 3 rings (SSSR count). The SMILES string of the molecule is CNCc1cc(-c2cnn(-c3ccccc3)c2)cs1. The predicted octanol–water partition coefficient (Wildman–Crippen LogP) is 3.32. The van der Waals surface area contributed by atoms with E-state index in [0.29, 0.717) is 0 Å². The van der Waals surface area contributed by atoms with E-state index >= 15 is 0 Å². The summed E-state index contributed by atoms with van der Waals surface area (Å²) in [6, 6.07) is 12.4. The highest BCUT2D eigenvalue weighted by Gasteiger charge is 2.05. The standard InChI is InChI=1S/C15H15N3S/c1-16-9-15-7-12(11-19-15)13-8-17-18(10-13)14-5-3-2-4-6-14/h2-8,10-11,16H,9H2,1H3. The molecule has 0 aliphatic rings. The van der Waals surface area contributed by atoms with Crippen molar-refractivity contribution in [2.45, 2.75) is 6.54 Å². The van der Waals surface area contributed by atoms with Crippen LogP contribution in [-0.4, -0.2) is 16.8 Å². The van der Waals surface area contributed by atoms with Crippen LogP contribution in [0.4, 0.5) is 0 Å². The Labute approximate surface area is 116 Å². The summed E-state index contributed by atoms with van der Waals surface area (Å²) in [5, 5.41) is 9.77. The van der Waals surface area contributed by atoms with Gasteiger partial charge in [-0.15, -0.1) is 11.3 Å². The van der Waals surface area contributed by atoms with Crippen LogP contribution < -0.4 is 5.32 Å². The highest BCUT2D eigenvalue weighted by atomic mass is 32.1. The summed E-state index contributed by atoms with van der Waals surface area (Å²) in [5.74, 6) is 0. The quantitative estimate of drug-likeness (QED) is 0.787. The molecule has 19 heavy (non-hydrogen) atoms. The Morgan fingerprint density at radius 1 is 1.21 bits per heavy atom. The van der Waals surface area contributed by atoms with E-state index < -0.39 is 0 Å². The fourth-order valence-corrected chi connectivity index (χ4v) is 2.90. The van der Waals surface area contributed by atoms with E-state index in [1.807, 2.05) is 36.1 Å². The second kappa shape index (κ2) is 5.38. The van der Waals surface area contributed by atoms with Crippen LogP contribution in [0.5, 0.6) is 0 Å². The minimum Gasteiger partial charge on any atom is -0.315 e. The summed E-state index contributed by atoms with van der Waals surface area (Å²) in [4.78, 5) is 1.34. The Balaban J connectivity index is 1.88. The second-order valence-corrected chi connectivity index (χ2v) is 5.34. The van der Waals surface area contributed by atoms with E-state index in [9.17, 15) is 0 Å². The van der Waals surface area contributed by atoms with Crippen molar-refractivity contribution in [2.75, 3.05) is 7.05 Å². The van der Waals surface area contributed by atoms with Gasteiger partial charge in [-0.3, -0.25) is 0 Å². The molecular weight excluding hydrogens is 254 g/mol. The van der Waals surface area contributed by atoms with E-state index in [1.54, 1.807) is 11.3 Å². The van der Waals surface area contributed by atoms with Gasteiger partial charge in [-0.25, -0.2) is 4.68 Å². The third-order valence-electron chi connectivity index (χ3n) is 2.94. The van der Waals surface area contributed by atoms with E-state index in [1.165, 1.54) is 10.4 Å². The van der Waals surface area contributed by atoms with Crippen LogP contribution >= 0.6 is 11.3 Å². The first-order chi connectivity index (χ1) is 9.36. The van der Waals surface area contributed by atoms with E-state index in [2.05, 4.69) is 40.2 Å². The maximum atomic E-state index is 4.42. The van der Waals surface area contributed by atoms with Crippen LogP contribution in [0.2, 0.25) is 0 Å². The number of thiophene rings is 1. The molecule has 0 fully saturated rings. The fourth-order valence-electron chi connectivity index (χ4n) is 1.99. The zero-order valence-corrected chi connectivity index (χ0v) is 11.5. The molecule has 1 N–H and O–H groups in total. The first-order valence-corrected chi connectivity index (χ1v) is 7.07. The number of hydrogen-bond donors (Lipinski definition) is 1. The molecule has 0 radical (unpaired) electrons. The average molecular weight is 269 g/mol. The molecule has 0 saturated carbocycles. The molecule has 0 bridgehead atoms. The van der Waals surface area contributed by atoms with Crippen LogP contribution in [0.15, 0.2) is 54.2 Å². The predicted molar refractivity (Wildman–Crippen MR) is 79.6 cm³/mol. The van der Waals surface area contributed by atoms with Gasteiger partial charge in [0.25, 0.3) is 0 Å². The molecule has 3 nitrogen and oxygen atoms in total.